The molecule has 2 amide bonds. The predicted octanol–water partition coefficient (Wildman–Crippen LogP) is 4.99. The van der Waals surface area contributed by atoms with Gasteiger partial charge in [-0.3, -0.25) is 14.9 Å². The second-order valence-electron chi connectivity index (χ2n) is 9.09. The topological polar surface area (TPSA) is 105 Å². The minimum absolute atomic E-state index is 0.285. The van der Waals surface area contributed by atoms with E-state index in [-0.39, 0.29) is 17.2 Å². The number of benzene rings is 2. The van der Waals surface area contributed by atoms with Crippen LogP contribution in [0.1, 0.15) is 36.9 Å². The van der Waals surface area contributed by atoms with Crippen molar-refractivity contribution in [2.45, 2.75) is 44.3 Å². The zero-order valence-electron chi connectivity index (χ0n) is 20.6. The van der Waals surface area contributed by atoms with Gasteiger partial charge in [-0.15, -0.1) is 0 Å². The van der Waals surface area contributed by atoms with Crippen LogP contribution < -0.4 is 20.7 Å². The third-order valence-electron chi connectivity index (χ3n) is 6.65. The summed E-state index contributed by atoms with van der Waals surface area (Å²) in [6.45, 7) is 0.797. The summed E-state index contributed by atoms with van der Waals surface area (Å²) >= 11 is 0.882. The number of methoxy groups -OCH3 is 1. The fourth-order valence-electron chi connectivity index (χ4n) is 4.76. The Hall–Kier alpha value is -3.69. The predicted molar refractivity (Wildman–Crippen MR) is 146 cm³/mol. The van der Waals surface area contributed by atoms with Gasteiger partial charge in [0.2, 0.25) is 5.95 Å². The minimum atomic E-state index is -0.389. The normalized spacial score (nSPS) is 20.6. The number of anilines is 1. The largest absolute Gasteiger partial charge is 0.496 e. The number of nitrogens with zero attached hydrogens (tertiary/aromatic N) is 2. The molecule has 1 aliphatic carbocycles. The molecule has 0 bridgehead atoms. The van der Waals surface area contributed by atoms with Crippen LogP contribution in [0.2, 0.25) is 0 Å². The van der Waals surface area contributed by atoms with E-state index in [9.17, 15) is 9.59 Å². The summed E-state index contributed by atoms with van der Waals surface area (Å²) in [5.74, 6) is 1.02. The summed E-state index contributed by atoms with van der Waals surface area (Å²) in [4.78, 5) is 32.4. The van der Waals surface area contributed by atoms with Crippen molar-refractivity contribution in [1.82, 2.24) is 20.6 Å². The first-order valence-electron chi connectivity index (χ1n) is 12.4. The smallest absolute Gasteiger partial charge is 0.290 e. The maximum absolute atomic E-state index is 11.8. The third kappa shape index (κ3) is 6.18. The first-order valence-corrected chi connectivity index (χ1v) is 13.2. The Bertz CT molecular complexity index is 1320. The van der Waals surface area contributed by atoms with Crippen molar-refractivity contribution in [3.8, 4) is 16.9 Å². The highest BCUT2D eigenvalue weighted by Crippen LogP contribution is 2.32. The SMILES string of the molecule is COc1ccccc1-c1ccccc1CNC1CCC(Nc2nccc(/C=C3\SC(=O)NC3=O)n2)CC1. The lowest BCUT2D eigenvalue weighted by molar-refractivity contribution is -0.115. The van der Waals surface area contributed by atoms with Gasteiger partial charge >= 0.3 is 0 Å². The lowest BCUT2D eigenvalue weighted by atomic mass is 9.90. The van der Waals surface area contributed by atoms with E-state index in [4.69, 9.17) is 4.74 Å². The van der Waals surface area contributed by atoms with Gasteiger partial charge in [0.1, 0.15) is 5.75 Å². The zero-order valence-corrected chi connectivity index (χ0v) is 21.4. The van der Waals surface area contributed by atoms with E-state index < -0.39 is 0 Å². The Labute approximate surface area is 220 Å². The fourth-order valence-corrected chi connectivity index (χ4v) is 5.43. The maximum atomic E-state index is 11.8. The molecule has 1 saturated carbocycles. The Balaban J connectivity index is 1.15. The number of amides is 2. The van der Waals surface area contributed by atoms with Crippen molar-refractivity contribution >= 4 is 34.9 Å². The summed E-state index contributed by atoms with van der Waals surface area (Å²) in [5, 5.41) is 9.08. The third-order valence-corrected chi connectivity index (χ3v) is 7.46. The van der Waals surface area contributed by atoms with Crippen LogP contribution in [-0.4, -0.2) is 40.3 Å². The quantitative estimate of drug-likeness (QED) is 0.361. The number of carbonyl (C=O) groups excluding carboxylic acids is 2. The van der Waals surface area contributed by atoms with Crippen LogP contribution >= 0.6 is 11.8 Å². The number of hydrogen-bond donors (Lipinski definition) is 3. The van der Waals surface area contributed by atoms with Gasteiger partial charge in [0.15, 0.2) is 0 Å². The van der Waals surface area contributed by atoms with Gasteiger partial charge in [-0.2, -0.15) is 0 Å². The molecule has 0 unspecified atom stereocenters. The maximum Gasteiger partial charge on any atom is 0.290 e. The molecular weight excluding hydrogens is 486 g/mol. The van der Waals surface area contributed by atoms with Gasteiger partial charge < -0.3 is 15.4 Å². The monoisotopic (exact) mass is 515 g/mol. The van der Waals surface area contributed by atoms with E-state index in [0.717, 1.165) is 55.3 Å². The summed E-state index contributed by atoms with van der Waals surface area (Å²) in [6.07, 6.45) is 7.39. The number of rotatable bonds is 8. The van der Waals surface area contributed by atoms with E-state index in [1.54, 1.807) is 25.4 Å². The van der Waals surface area contributed by atoms with Crippen molar-refractivity contribution < 1.29 is 14.3 Å². The lowest BCUT2D eigenvalue weighted by Crippen LogP contribution is -2.37. The molecule has 2 aliphatic rings. The van der Waals surface area contributed by atoms with E-state index in [1.165, 1.54) is 11.1 Å². The number of para-hydroxylation sites is 1. The molecule has 2 heterocycles. The minimum Gasteiger partial charge on any atom is -0.496 e. The van der Waals surface area contributed by atoms with Crippen molar-refractivity contribution in [2.75, 3.05) is 12.4 Å². The molecule has 0 radical (unpaired) electrons. The summed E-state index contributed by atoms with van der Waals surface area (Å²) in [6, 6.07) is 19.0. The Morgan fingerprint density at radius 1 is 1.00 bits per heavy atom. The molecule has 2 fully saturated rings. The molecular formula is C28H29N5O3S. The summed E-state index contributed by atoms with van der Waals surface area (Å²) < 4.78 is 5.59. The zero-order chi connectivity index (χ0) is 25.6. The highest BCUT2D eigenvalue weighted by molar-refractivity contribution is 8.18. The molecule has 190 valence electrons. The molecule has 1 saturated heterocycles. The number of ether oxygens (including phenoxy) is 1. The Morgan fingerprint density at radius 3 is 2.49 bits per heavy atom. The van der Waals surface area contributed by atoms with Crippen LogP contribution in [0, 0.1) is 0 Å². The number of thioether (sulfide) groups is 1. The van der Waals surface area contributed by atoms with E-state index in [2.05, 4.69) is 56.3 Å². The van der Waals surface area contributed by atoms with Crippen molar-refractivity contribution in [2.24, 2.45) is 0 Å². The molecule has 1 aromatic heterocycles. The number of carbonyl (C=O) groups is 2. The molecule has 8 nitrogen and oxygen atoms in total. The molecule has 0 atom stereocenters. The highest BCUT2D eigenvalue weighted by Gasteiger charge is 2.25. The van der Waals surface area contributed by atoms with Crippen LogP contribution in [0.4, 0.5) is 10.7 Å². The second kappa shape index (κ2) is 11.6. The summed E-state index contributed by atoms with van der Waals surface area (Å²) in [7, 11) is 1.71. The number of aromatic nitrogens is 2. The molecule has 0 spiro atoms. The van der Waals surface area contributed by atoms with E-state index >= 15 is 0 Å². The second-order valence-corrected chi connectivity index (χ2v) is 10.1. The van der Waals surface area contributed by atoms with E-state index in [0.29, 0.717) is 22.6 Å². The first-order chi connectivity index (χ1) is 18.1. The van der Waals surface area contributed by atoms with Gasteiger partial charge in [0.05, 0.1) is 17.7 Å². The molecule has 9 heteroatoms. The van der Waals surface area contributed by atoms with Crippen molar-refractivity contribution in [3.63, 3.8) is 0 Å². The molecule has 3 aromatic rings. The van der Waals surface area contributed by atoms with Gasteiger partial charge in [-0.25, -0.2) is 9.97 Å². The first kappa shape index (κ1) is 25.0. The van der Waals surface area contributed by atoms with Crippen LogP contribution in [0.25, 0.3) is 17.2 Å². The number of nitrogens with one attached hydrogen (secondary N) is 3. The standard InChI is InChI=1S/C28H29N5O3S/c1-36-24-9-5-4-8-23(24)22-7-3-2-6-18(22)17-30-19-10-12-20(13-11-19)31-27-29-15-14-21(32-27)16-25-26(34)33-28(35)37-25/h2-9,14-16,19-20,30H,10-13,17H2,1H3,(H,29,31,32)(H,33,34,35)/b25-16-. The van der Waals surface area contributed by atoms with Gasteiger partial charge in [0.25, 0.3) is 11.1 Å². The Morgan fingerprint density at radius 2 is 1.73 bits per heavy atom. The van der Waals surface area contributed by atoms with Crippen LogP contribution in [-0.2, 0) is 11.3 Å². The molecule has 1 aliphatic heterocycles. The fraction of sp³-hybridized carbons (Fsp3) is 0.286. The summed E-state index contributed by atoms with van der Waals surface area (Å²) in [5.41, 5.74) is 4.14. The van der Waals surface area contributed by atoms with Gasteiger partial charge in [0, 0.05) is 30.4 Å². The van der Waals surface area contributed by atoms with Crippen molar-refractivity contribution in [3.05, 3.63) is 77.0 Å². The Kier molecular flexibility index (Phi) is 7.82. The van der Waals surface area contributed by atoms with Crippen LogP contribution in [0.15, 0.2) is 65.7 Å². The number of hydrogen-bond acceptors (Lipinski definition) is 8. The van der Waals surface area contributed by atoms with Crippen LogP contribution in [0.5, 0.6) is 5.75 Å². The lowest BCUT2D eigenvalue weighted by Gasteiger charge is -2.30. The van der Waals surface area contributed by atoms with Gasteiger partial charge in [-0.1, -0.05) is 42.5 Å². The highest BCUT2D eigenvalue weighted by atomic mass is 32.2. The average molecular weight is 516 g/mol. The molecule has 37 heavy (non-hydrogen) atoms. The van der Waals surface area contributed by atoms with Gasteiger partial charge in [-0.05, 0) is 66.8 Å². The molecule has 5 rings (SSSR count). The van der Waals surface area contributed by atoms with Crippen molar-refractivity contribution in [1.29, 1.82) is 0 Å². The average Bonchev–Trinajstić information content (AvgIpc) is 3.24. The number of imide groups is 1. The van der Waals surface area contributed by atoms with Crippen LogP contribution in [0.3, 0.4) is 0 Å². The van der Waals surface area contributed by atoms with E-state index in [1.807, 2.05) is 18.2 Å². The molecule has 2 aromatic carbocycles. The molecule has 3 N–H and O–H groups in total.